The molecule has 0 aromatic rings. The Kier molecular flexibility index (Phi) is 3.87. The third-order valence-electron chi connectivity index (χ3n) is 7.03. The van der Waals surface area contributed by atoms with Gasteiger partial charge in [0, 0.05) is 16.8 Å². The molecule has 5 saturated carbocycles. The van der Waals surface area contributed by atoms with Crippen molar-refractivity contribution in [3.63, 3.8) is 0 Å². The van der Waals surface area contributed by atoms with Gasteiger partial charge in [0.15, 0.2) is 0 Å². The van der Waals surface area contributed by atoms with E-state index < -0.39 is 0 Å². The van der Waals surface area contributed by atoms with Crippen molar-refractivity contribution in [2.45, 2.75) is 87.9 Å². The summed E-state index contributed by atoms with van der Waals surface area (Å²) in [6.45, 7) is 2.34. The van der Waals surface area contributed by atoms with Crippen molar-refractivity contribution >= 4 is 21.8 Å². The number of carbonyl (C=O) groups is 1. The molecule has 5 aliphatic rings. The van der Waals surface area contributed by atoms with E-state index in [1.165, 1.54) is 64.2 Å². The van der Waals surface area contributed by atoms with Gasteiger partial charge in [-0.25, -0.2) is 0 Å². The van der Waals surface area contributed by atoms with Crippen LogP contribution in [0.3, 0.4) is 0 Å². The lowest BCUT2D eigenvalue weighted by Gasteiger charge is -2.60. The first-order valence-corrected chi connectivity index (χ1v) is 10.2. The van der Waals surface area contributed by atoms with Crippen molar-refractivity contribution in [2.24, 2.45) is 23.2 Å². The van der Waals surface area contributed by atoms with Crippen molar-refractivity contribution in [1.29, 1.82) is 0 Å². The third kappa shape index (κ3) is 2.99. The fourth-order valence-electron chi connectivity index (χ4n) is 6.57. The van der Waals surface area contributed by atoms with Crippen LogP contribution < -0.4 is 5.32 Å². The molecule has 2 atom stereocenters. The zero-order valence-corrected chi connectivity index (χ0v) is 15.5. The quantitative estimate of drug-likeness (QED) is 0.712. The highest BCUT2D eigenvalue weighted by atomic mass is 79.9. The zero-order chi connectivity index (χ0) is 15.4. The van der Waals surface area contributed by atoms with Crippen LogP contribution in [0.1, 0.15) is 77.6 Å². The molecule has 0 heterocycles. The van der Waals surface area contributed by atoms with Crippen LogP contribution in [-0.2, 0) is 4.79 Å². The molecule has 0 radical (unpaired) electrons. The Morgan fingerprint density at radius 3 is 2.32 bits per heavy atom. The highest BCUT2D eigenvalue weighted by Gasteiger charge is 2.57. The van der Waals surface area contributed by atoms with Crippen molar-refractivity contribution in [2.75, 3.05) is 0 Å². The van der Waals surface area contributed by atoms with E-state index in [9.17, 15) is 4.79 Å². The van der Waals surface area contributed by atoms with E-state index in [4.69, 9.17) is 0 Å². The molecule has 1 amide bonds. The van der Waals surface area contributed by atoms with Crippen molar-refractivity contribution < 1.29 is 4.79 Å². The van der Waals surface area contributed by atoms with Crippen molar-refractivity contribution in [3.8, 4) is 0 Å². The molecular weight excluding hydrogens is 338 g/mol. The third-order valence-corrected chi connectivity index (χ3v) is 7.96. The predicted octanol–water partition coefficient (Wildman–Crippen LogP) is 4.81. The maximum absolute atomic E-state index is 12.7. The fraction of sp³-hybridized carbons (Fsp3) is 0.947. The van der Waals surface area contributed by atoms with Gasteiger partial charge < -0.3 is 5.32 Å². The van der Waals surface area contributed by atoms with Gasteiger partial charge in [-0.3, -0.25) is 4.79 Å². The minimum Gasteiger partial charge on any atom is -0.353 e. The van der Waals surface area contributed by atoms with Crippen LogP contribution in [0, 0.1) is 23.2 Å². The molecule has 3 heteroatoms. The van der Waals surface area contributed by atoms with E-state index >= 15 is 0 Å². The van der Waals surface area contributed by atoms with Gasteiger partial charge in [-0.05, 0) is 87.4 Å². The highest BCUT2D eigenvalue weighted by molar-refractivity contribution is 9.10. The SMILES string of the molecule is CC1CCC(NC(=O)CC23CC4CC(CC(Br)(C4)C2)C3)CC1. The lowest BCUT2D eigenvalue weighted by molar-refractivity contribution is -0.129. The Morgan fingerprint density at radius 1 is 1.09 bits per heavy atom. The van der Waals surface area contributed by atoms with E-state index in [1.54, 1.807) is 0 Å². The summed E-state index contributed by atoms with van der Waals surface area (Å²) in [5, 5.41) is 3.37. The van der Waals surface area contributed by atoms with Gasteiger partial charge in [-0.1, -0.05) is 22.9 Å². The first kappa shape index (κ1) is 15.5. The van der Waals surface area contributed by atoms with Gasteiger partial charge in [-0.15, -0.1) is 0 Å². The molecule has 2 unspecified atom stereocenters. The fourth-order valence-corrected chi connectivity index (χ4v) is 8.08. The number of alkyl halides is 1. The number of rotatable bonds is 3. The largest absolute Gasteiger partial charge is 0.353 e. The Hall–Kier alpha value is -0.0500. The molecule has 2 nitrogen and oxygen atoms in total. The minimum absolute atomic E-state index is 0.319. The molecule has 0 spiro atoms. The second kappa shape index (κ2) is 5.50. The molecular formula is C19H30BrNO. The molecule has 22 heavy (non-hydrogen) atoms. The first-order valence-electron chi connectivity index (χ1n) is 9.42. The molecule has 0 aliphatic heterocycles. The Morgan fingerprint density at radius 2 is 1.73 bits per heavy atom. The number of hydrogen-bond acceptors (Lipinski definition) is 1. The van der Waals surface area contributed by atoms with Crippen LogP contribution in [0.25, 0.3) is 0 Å². The minimum atomic E-state index is 0.319. The van der Waals surface area contributed by atoms with Gasteiger partial charge in [0.25, 0.3) is 0 Å². The normalized spacial score (nSPS) is 50.1. The molecule has 5 fully saturated rings. The lowest BCUT2D eigenvalue weighted by atomic mass is 9.48. The Labute approximate surface area is 143 Å². The van der Waals surface area contributed by atoms with Crippen LogP contribution in [0.5, 0.6) is 0 Å². The molecule has 0 aromatic heterocycles. The summed E-state index contributed by atoms with van der Waals surface area (Å²) in [5.41, 5.74) is 0.319. The predicted molar refractivity (Wildman–Crippen MR) is 93.0 cm³/mol. The van der Waals surface area contributed by atoms with E-state index in [-0.39, 0.29) is 0 Å². The van der Waals surface area contributed by atoms with Gasteiger partial charge >= 0.3 is 0 Å². The van der Waals surface area contributed by atoms with E-state index in [0.717, 1.165) is 24.2 Å². The summed E-state index contributed by atoms with van der Waals surface area (Å²) in [4.78, 5) is 12.7. The maximum atomic E-state index is 12.7. The standard InChI is InChI=1S/C19H30BrNO/c1-13-2-4-16(5-3-13)21-17(22)11-18-7-14-6-15(8-18)10-19(20,9-14)12-18/h13-16H,2-12H2,1H3,(H,21,22). The zero-order valence-electron chi connectivity index (χ0n) is 13.9. The number of carbonyl (C=O) groups excluding carboxylic acids is 1. The Bertz CT molecular complexity index is 440. The van der Waals surface area contributed by atoms with Gasteiger partial charge in [-0.2, -0.15) is 0 Å². The van der Waals surface area contributed by atoms with E-state index in [2.05, 4.69) is 28.2 Å². The molecule has 0 saturated heterocycles. The smallest absolute Gasteiger partial charge is 0.220 e. The maximum Gasteiger partial charge on any atom is 0.220 e. The second-order valence-corrected chi connectivity index (χ2v) is 11.0. The van der Waals surface area contributed by atoms with Gasteiger partial charge in [0.1, 0.15) is 0 Å². The summed E-state index contributed by atoms with van der Waals surface area (Å²) in [7, 11) is 0. The number of hydrogen-bond donors (Lipinski definition) is 1. The van der Waals surface area contributed by atoms with Gasteiger partial charge in [0.2, 0.25) is 5.91 Å². The summed E-state index contributed by atoms with van der Waals surface area (Å²) >= 11 is 4.06. The second-order valence-electron chi connectivity index (χ2n) is 9.31. The molecule has 1 N–H and O–H groups in total. The first-order chi connectivity index (χ1) is 10.4. The summed E-state index contributed by atoms with van der Waals surface area (Å²) in [5.74, 6) is 2.95. The molecule has 4 bridgehead atoms. The summed E-state index contributed by atoms with van der Waals surface area (Å²) in [6, 6.07) is 0.454. The van der Waals surface area contributed by atoms with E-state index in [1.807, 2.05) is 0 Å². The molecule has 5 rings (SSSR count). The lowest BCUT2D eigenvalue weighted by Crippen LogP contribution is -2.54. The van der Waals surface area contributed by atoms with Crippen LogP contribution >= 0.6 is 15.9 Å². The summed E-state index contributed by atoms with van der Waals surface area (Å²) < 4.78 is 0.373. The van der Waals surface area contributed by atoms with Crippen molar-refractivity contribution in [3.05, 3.63) is 0 Å². The van der Waals surface area contributed by atoms with Crippen LogP contribution in [0.15, 0.2) is 0 Å². The number of amides is 1. The number of nitrogens with one attached hydrogen (secondary N) is 1. The van der Waals surface area contributed by atoms with Crippen molar-refractivity contribution in [1.82, 2.24) is 5.32 Å². The average Bonchev–Trinajstić information content (AvgIpc) is 2.37. The summed E-state index contributed by atoms with van der Waals surface area (Å²) in [6.07, 6.45) is 13.7. The number of halogens is 1. The van der Waals surface area contributed by atoms with Crippen LogP contribution in [0.4, 0.5) is 0 Å². The van der Waals surface area contributed by atoms with Gasteiger partial charge in [0.05, 0.1) is 0 Å². The average molecular weight is 368 g/mol. The van der Waals surface area contributed by atoms with E-state index in [0.29, 0.717) is 21.7 Å². The molecule has 5 aliphatic carbocycles. The molecule has 0 aromatic carbocycles. The highest BCUT2D eigenvalue weighted by Crippen LogP contribution is 2.65. The molecule has 124 valence electrons. The monoisotopic (exact) mass is 367 g/mol. The topological polar surface area (TPSA) is 29.1 Å². The van der Waals surface area contributed by atoms with Crippen LogP contribution in [0.2, 0.25) is 0 Å². The Balaban J connectivity index is 1.37. The van der Waals surface area contributed by atoms with Crippen LogP contribution in [-0.4, -0.2) is 16.3 Å².